The van der Waals surface area contributed by atoms with Crippen molar-refractivity contribution < 1.29 is 5.21 Å². The second-order valence-corrected chi connectivity index (χ2v) is 5.37. The van der Waals surface area contributed by atoms with Crippen LogP contribution < -0.4 is 0 Å². The third kappa shape index (κ3) is 0.918. The number of hydrogen-bond acceptors (Lipinski definition) is 2. The highest BCUT2D eigenvalue weighted by molar-refractivity contribution is 5.91. The van der Waals surface area contributed by atoms with E-state index in [1.54, 1.807) is 0 Å². The summed E-state index contributed by atoms with van der Waals surface area (Å²) in [5, 5.41) is 12.5. The largest absolute Gasteiger partial charge is 0.411 e. The first kappa shape index (κ1) is 9.04. The Kier molecular flexibility index (Phi) is 1.73. The first-order valence-electron chi connectivity index (χ1n) is 5.24. The molecule has 2 saturated carbocycles. The third-order valence-corrected chi connectivity index (χ3v) is 4.92. The van der Waals surface area contributed by atoms with Crippen LogP contribution in [0.15, 0.2) is 5.16 Å². The number of nitrogens with zero attached hydrogens (tertiary/aromatic N) is 1. The fourth-order valence-electron chi connectivity index (χ4n) is 3.36. The van der Waals surface area contributed by atoms with Gasteiger partial charge < -0.3 is 5.21 Å². The van der Waals surface area contributed by atoms with Gasteiger partial charge >= 0.3 is 0 Å². The molecule has 0 heterocycles. The van der Waals surface area contributed by atoms with Crippen LogP contribution in [0.25, 0.3) is 0 Å². The topological polar surface area (TPSA) is 32.6 Å². The van der Waals surface area contributed by atoms with Crippen molar-refractivity contribution in [3.05, 3.63) is 0 Å². The molecule has 2 rings (SSSR count). The lowest BCUT2D eigenvalue weighted by atomic mass is 9.58. The molecule has 2 atom stereocenters. The van der Waals surface area contributed by atoms with E-state index in [0.717, 1.165) is 18.1 Å². The predicted octanol–water partition coefficient (Wildman–Crippen LogP) is 3.05. The Balaban J connectivity index is 2.44. The van der Waals surface area contributed by atoms with E-state index >= 15 is 0 Å². The van der Waals surface area contributed by atoms with Crippen LogP contribution in [0, 0.1) is 16.7 Å². The molecule has 0 aliphatic heterocycles. The van der Waals surface area contributed by atoms with Crippen molar-refractivity contribution in [2.24, 2.45) is 21.9 Å². The van der Waals surface area contributed by atoms with Gasteiger partial charge in [0.2, 0.25) is 0 Å². The summed E-state index contributed by atoms with van der Waals surface area (Å²) in [5.74, 6) is 0.836. The van der Waals surface area contributed by atoms with Crippen molar-refractivity contribution in [1.29, 1.82) is 0 Å². The van der Waals surface area contributed by atoms with E-state index in [-0.39, 0.29) is 5.41 Å². The van der Waals surface area contributed by atoms with Crippen LogP contribution >= 0.6 is 0 Å². The zero-order valence-corrected chi connectivity index (χ0v) is 8.80. The van der Waals surface area contributed by atoms with Gasteiger partial charge in [-0.05, 0) is 37.0 Å². The van der Waals surface area contributed by atoms with Crippen LogP contribution in [0.5, 0.6) is 0 Å². The van der Waals surface area contributed by atoms with E-state index in [1.807, 2.05) is 0 Å². The molecular weight excluding hydrogens is 162 g/mol. The Morgan fingerprint density at radius 1 is 1.31 bits per heavy atom. The molecule has 2 unspecified atom stereocenters. The first-order chi connectivity index (χ1) is 6.02. The fourth-order valence-corrected chi connectivity index (χ4v) is 3.36. The predicted molar refractivity (Wildman–Crippen MR) is 53.1 cm³/mol. The van der Waals surface area contributed by atoms with Gasteiger partial charge in [-0.25, -0.2) is 0 Å². The minimum Gasteiger partial charge on any atom is -0.411 e. The molecule has 1 N–H and O–H groups in total. The first-order valence-corrected chi connectivity index (χ1v) is 5.24. The van der Waals surface area contributed by atoms with Crippen molar-refractivity contribution in [3.8, 4) is 0 Å². The molecule has 2 aliphatic rings. The average Bonchev–Trinajstić information content (AvgIpc) is 2.24. The molecule has 0 spiro atoms. The van der Waals surface area contributed by atoms with Gasteiger partial charge in [0, 0.05) is 5.41 Å². The van der Waals surface area contributed by atoms with Crippen molar-refractivity contribution in [2.75, 3.05) is 0 Å². The molecule has 2 nitrogen and oxygen atoms in total. The maximum absolute atomic E-state index is 9.00. The highest BCUT2D eigenvalue weighted by Gasteiger charge is 2.56. The second kappa shape index (κ2) is 2.49. The summed E-state index contributed by atoms with van der Waals surface area (Å²) in [5.41, 5.74) is 1.52. The fraction of sp³-hybridized carbons (Fsp3) is 0.909. The van der Waals surface area contributed by atoms with Crippen LogP contribution in [0.4, 0.5) is 0 Å². The SMILES string of the molecule is CC12CCC(CCC1=NO)C2(C)C. The molecule has 0 aromatic rings. The molecule has 0 saturated heterocycles. The third-order valence-electron chi connectivity index (χ3n) is 4.92. The van der Waals surface area contributed by atoms with E-state index in [1.165, 1.54) is 19.3 Å². The molecule has 0 amide bonds. The summed E-state index contributed by atoms with van der Waals surface area (Å²) >= 11 is 0. The Morgan fingerprint density at radius 3 is 2.62 bits per heavy atom. The van der Waals surface area contributed by atoms with Crippen LogP contribution in [0.2, 0.25) is 0 Å². The Labute approximate surface area is 80.0 Å². The van der Waals surface area contributed by atoms with Crippen molar-refractivity contribution in [1.82, 2.24) is 0 Å². The highest BCUT2D eigenvalue weighted by atomic mass is 16.4. The normalized spacial score (nSPS) is 45.5. The Bertz CT molecular complexity index is 257. The highest BCUT2D eigenvalue weighted by Crippen LogP contribution is 2.61. The summed E-state index contributed by atoms with van der Waals surface area (Å²) in [6, 6.07) is 0. The van der Waals surface area contributed by atoms with Crippen LogP contribution in [-0.4, -0.2) is 10.9 Å². The number of fused-ring (bicyclic) bond motifs is 2. The zero-order chi connectivity index (χ0) is 9.69. The van der Waals surface area contributed by atoms with E-state index in [0.29, 0.717) is 5.41 Å². The monoisotopic (exact) mass is 181 g/mol. The molecule has 0 aromatic heterocycles. The van der Waals surface area contributed by atoms with E-state index in [4.69, 9.17) is 5.21 Å². The van der Waals surface area contributed by atoms with E-state index < -0.39 is 0 Å². The van der Waals surface area contributed by atoms with Crippen molar-refractivity contribution >= 4 is 5.71 Å². The summed E-state index contributed by atoms with van der Waals surface area (Å²) in [4.78, 5) is 0. The smallest absolute Gasteiger partial charge is 0.0635 e. The molecule has 0 radical (unpaired) electrons. The number of rotatable bonds is 0. The van der Waals surface area contributed by atoms with Gasteiger partial charge in [-0.15, -0.1) is 0 Å². The standard InChI is InChI=1S/C11H19NO/c1-10(2)8-4-5-9(12-13)11(10,3)7-6-8/h8,13H,4-7H2,1-3H3. The minimum absolute atomic E-state index is 0.157. The Hall–Kier alpha value is -0.530. The summed E-state index contributed by atoms with van der Waals surface area (Å²) in [6.07, 6.45) is 4.72. The maximum atomic E-state index is 9.00. The van der Waals surface area contributed by atoms with Gasteiger partial charge in [0.1, 0.15) is 0 Å². The van der Waals surface area contributed by atoms with Crippen molar-refractivity contribution in [3.63, 3.8) is 0 Å². The second-order valence-electron chi connectivity index (χ2n) is 5.37. The summed E-state index contributed by atoms with van der Waals surface area (Å²) in [7, 11) is 0. The lowest BCUT2D eigenvalue weighted by molar-refractivity contribution is 0.120. The van der Waals surface area contributed by atoms with Crippen LogP contribution in [0.3, 0.4) is 0 Å². The van der Waals surface area contributed by atoms with Gasteiger partial charge in [-0.1, -0.05) is 25.9 Å². The molecule has 0 aromatic carbocycles. The molecule has 2 aliphatic carbocycles. The Morgan fingerprint density at radius 2 is 2.00 bits per heavy atom. The number of hydrogen-bond donors (Lipinski definition) is 1. The van der Waals surface area contributed by atoms with Crippen LogP contribution in [-0.2, 0) is 0 Å². The van der Waals surface area contributed by atoms with Gasteiger partial charge in [0.25, 0.3) is 0 Å². The molecule has 74 valence electrons. The van der Waals surface area contributed by atoms with Crippen molar-refractivity contribution in [2.45, 2.75) is 46.5 Å². The average molecular weight is 181 g/mol. The summed E-state index contributed by atoms with van der Waals surface area (Å²) < 4.78 is 0. The van der Waals surface area contributed by atoms with Gasteiger partial charge in [0.15, 0.2) is 0 Å². The molecular formula is C11H19NO. The molecule has 13 heavy (non-hydrogen) atoms. The van der Waals surface area contributed by atoms with Gasteiger partial charge in [-0.3, -0.25) is 0 Å². The van der Waals surface area contributed by atoms with E-state index in [2.05, 4.69) is 25.9 Å². The molecule has 2 heteroatoms. The zero-order valence-electron chi connectivity index (χ0n) is 8.80. The lowest BCUT2D eigenvalue weighted by Crippen LogP contribution is -2.44. The van der Waals surface area contributed by atoms with Gasteiger partial charge in [-0.2, -0.15) is 0 Å². The summed E-state index contributed by atoms with van der Waals surface area (Å²) in [6.45, 7) is 6.92. The number of oxime groups is 1. The van der Waals surface area contributed by atoms with Crippen LogP contribution in [0.1, 0.15) is 46.5 Å². The minimum atomic E-state index is 0.157. The maximum Gasteiger partial charge on any atom is 0.0635 e. The molecule has 2 bridgehead atoms. The molecule has 2 fully saturated rings. The van der Waals surface area contributed by atoms with E-state index in [9.17, 15) is 0 Å². The lowest BCUT2D eigenvalue weighted by Gasteiger charge is -2.46. The quantitative estimate of drug-likeness (QED) is 0.452. The van der Waals surface area contributed by atoms with Gasteiger partial charge in [0.05, 0.1) is 5.71 Å².